The number of fused-ring (bicyclic) bond motifs is 1. The summed E-state index contributed by atoms with van der Waals surface area (Å²) in [5.41, 5.74) is 7.85. The predicted octanol–water partition coefficient (Wildman–Crippen LogP) is 7.58. The van der Waals surface area contributed by atoms with Gasteiger partial charge in [0.2, 0.25) is 0 Å². The van der Waals surface area contributed by atoms with E-state index >= 15 is 0 Å². The van der Waals surface area contributed by atoms with Crippen LogP contribution in [0.15, 0.2) is 122 Å². The first-order valence-electron chi connectivity index (χ1n) is 16.3. The van der Waals surface area contributed by atoms with E-state index in [0.717, 1.165) is 39.3 Å². The van der Waals surface area contributed by atoms with E-state index in [9.17, 15) is 5.26 Å². The van der Waals surface area contributed by atoms with E-state index in [1.165, 1.54) is 6.33 Å². The average Bonchev–Trinajstić information content (AvgIpc) is 3.61. The van der Waals surface area contributed by atoms with Crippen LogP contribution < -0.4 is 14.4 Å². The molecule has 3 aromatic heterocycles. The van der Waals surface area contributed by atoms with Crippen LogP contribution in [0.25, 0.3) is 34.4 Å². The topological polar surface area (TPSA) is 114 Å². The van der Waals surface area contributed by atoms with Gasteiger partial charge in [0.25, 0.3) is 0 Å². The summed E-state index contributed by atoms with van der Waals surface area (Å²) in [6.07, 6.45) is 5.51. The number of methoxy groups -OCH3 is 2. The van der Waals surface area contributed by atoms with Crippen molar-refractivity contribution in [3.63, 3.8) is 0 Å². The summed E-state index contributed by atoms with van der Waals surface area (Å²) in [5.74, 6) is 2.78. The van der Waals surface area contributed by atoms with Crippen molar-refractivity contribution >= 4 is 17.5 Å². The van der Waals surface area contributed by atoms with Crippen molar-refractivity contribution in [1.29, 1.82) is 5.26 Å². The van der Waals surface area contributed by atoms with Crippen LogP contribution in [0.2, 0.25) is 0 Å². The predicted molar refractivity (Wildman–Crippen MR) is 197 cm³/mol. The molecule has 51 heavy (non-hydrogen) atoms. The van der Waals surface area contributed by atoms with Gasteiger partial charge in [0.15, 0.2) is 17.3 Å². The van der Waals surface area contributed by atoms with Crippen molar-refractivity contribution in [1.82, 2.24) is 29.5 Å². The third kappa shape index (κ3) is 7.00. The molecule has 0 aliphatic carbocycles. The molecule has 0 fully saturated rings. The number of nitriles is 1. The Bertz CT molecular complexity index is 2300. The van der Waals surface area contributed by atoms with Gasteiger partial charge in [-0.3, -0.25) is 0 Å². The highest BCUT2D eigenvalue weighted by Gasteiger charge is 2.25. The molecule has 3 heterocycles. The monoisotopic (exact) mass is 670 g/mol. The lowest BCUT2D eigenvalue weighted by Gasteiger charge is -2.26. The number of ether oxygens (including phenoxy) is 2. The van der Waals surface area contributed by atoms with Gasteiger partial charge in [-0.05, 0) is 64.7 Å². The van der Waals surface area contributed by atoms with Gasteiger partial charge in [0, 0.05) is 31.3 Å². The first-order valence-corrected chi connectivity index (χ1v) is 16.3. The van der Waals surface area contributed by atoms with Crippen LogP contribution in [0, 0.1) is 11.3 Å². The van der Waals surface area contributed by atoms with Crippen LogP contribution in [-0.4, -0.2) is 43.8 Å². The molecule has 0 saturated carbocycles. The summed E-state index contributed by atoms with van der Waals surface area (Å²) in [4.78, 5) is 21.6. The smallest absolute Gasteiger partial charge is 0.199 e. The van der Waals surface area contributed by atoms with Crippen LogP contribution in [0.5, 0.6) is 11.5 Å². The molecule has 10 nitrogen and oxygen atoms in total. The molecule has 4 aromatic carbocycles. The summed E-state index contributed by atoms with van der Waals surface area (Å²) >= 11 is 0. The normalized spacial score (nSPS) is 10.8. The zero-order valence-electron chi connectivity index (χ0n) is 28.3. The zero-order valence-corrected chi connectivity index (χ0v) is 28.3. The van der Waals surface area contributed by atoms with Crippen molar-refractivity contribution in [3.8, 4) is 40.2 Å². The molecule has 0 bridgehead atoms. The molecule has 0 unspecified atom stereocenters. The summed E-state index contributed by atoms with van der Waals surface area (Å²) in [5, 5.41) is 15.0. The van der Waals surface area contributed by atoms with Crippen LogP contribution in [0.3, 0.4) is 0 Å². The van der Waals surface area contributed by atoms with Crippen molar-refractivity contribution in [2.24, 2.45) is 0 Å². The second kappa shape index (κ2) is 14.7. The van der Waals surface area contributed by atoms with E-state index in [1.807, 2.05) is 102 Å². The highest BCUT2D eigenvalue weighted by molar-refractivity contribution is 5.83. The van der Waals surface area contributed by atoms with E-state index in [2.05, 4.69) is 33.6 Å². The first-order chi connectivity index (χ1) is 25.1. The largest absolute Gasteiger partial charge is 0.497 e. The molecule has 0 N–H and O–H groups in total. The number of hydrogen-bond donors (Lipinski definition) is 0. The van der Waals surface area contributed by atoms with Crippen LogP contribution >= 0.6 is 0 Å². The Morgan fingerprint density at radius 3 is 2.18 bits per heavy atom. The summed E-state index contributed by atoms with van der Waals surface area (Å²) in [6.45, 7) is 5.02. The number of aromatic nitrogens is 6. The molecular formula is C41H34N8O2. The Morgan fingerprint density at radius 2 is 1.55 bits per heavy atom. The number of nitrogens with zero attached hydrogens (tertiary/aromatic N) is 8. The van der Waals surface area contributed by atoms with Gasteiger partial charge >= 0.3 is 0 Å². The maximum atomic E-state index is 9.85. The lowest BCUT2D eigenvalue weighted by Crippen LogP contribution is -2.25. The number of rotatable bonds is 12. The Hall–Kier alpha value is -6.86. The Morgan fingerprint density at radius 1 is 0.843 bits per heavy atom. The first kappa shape index (κ1) is 32.7. The second-order valence-electron chi connectivity index (χ2n) is 11.8. The second-order valence-corrected chi connectivity index (χ2v) is 11.8. The van der Waals surface area contributed by atoms with Gasteiger partial charge in [-0.1, -0.05) is 73.3 Å². The maximum Gasteiger partial charge on any atom is 0.199 e. The molecule has 0 aliphatic rings. The van der Waals surface area contributed by atoms with Gasteiger partial charge in [0.1, 0.15) is 29.2 Å². The van der Waals surface area contributed by atoms with Crippen molar-refractivity contribution in [2.75, 3.05) is 19.1 Å². The maximum absolute atomic E-state index is 9.85. The molecule has 0 atom stereocenters. The van der Waals surface area contributed by atoms with Crippen LogP contribution in [-0.2, 0) is 19.5 Å². The van der Waals surface area contributed by atoms with Gasteiger partial charge in [-0.2, -0.15) is 10.4 Å². The third-order valence-corrected chi connectivity index (χ3v) is 8.58. The minimum atomic E-state index is 0.475. The molecule has 0 amide bonds. The summed E-state index contributed by atoms with van der Waals surface area (Å²) in [7, 11) is 3.31. The van der Waals surface area contributed by atoms with Gasteiger partial charge < -0.3 is 14.4 Å². The molecule has 0 saturated heterocycles. The Labute approximate surface area is 296 Å². The molecule has 0 spiro atoms. The minimum Gasteiger partial charge on any atom is -0.497 e. The SMILES string of the molecule is C=Cc1ccccc1Cc1nc2c(N(Cc3ccc(OC)cc3)Cc3ccc(OC)cc3)nc(-c3cccc(C#N)c3)c(-c3ccncn3)n2n1. The quantitative estimate of drug-likeness (QED) is 0.130. The third-order valence-electron chi connectivity index (χ3n) is 8.58. The van der Waals surface area contributed by atoms with E-state index in [-0.39, 0.29) is 0 Å². The average molecular weight is 671 g/mol. The number of benzene rings is 4. The molecule has 0 aliphatic heterocycles. The highest BCUT2D eigenvalue weighted by atomic mass is 16.5. The fraction of sp³-hybridized carbons (Fsp3) is 0.122. The minimum absolute atomic E-state index is 0.475. The lowest BCUT2D eigenvalue weighted by molar-refractivity contribution is 0.414. The fourth-order valence-electron chi connectivity index (χ4n) is 6.02. The Kier molecular flexibility index (Phi) is 9.43. The van der Waals surface area contributed by atoms with Crippen molar-refractivity contribution in [3.05, 3.63) is 156 Å². The number of anilines is 1. The van der Waals surface area contributed by atoms with Gasteiger partial charge in [0.05, 0.1) is 31.5 Å². The summed E-state index contributed by atoms with van der Waals surface area (Å²) < 4.78 is 12.7. The molecule has 0 radical (unpaired) electrons. The van der Waals surface area contributed by atoms with Gasteiger partial charge in [-0.15, -0.1) is 0 Å². The number of hydrogen-bond acceptors (Lipinski definition) is 9. The van der Waals surface area contributed by atoms with Crippen molar-refractivity contribution in [2.45, 2.75) is 19.5 Å². The molecular weight excluding hydrogens is 637 g/mol. The van der Waals surface area contributed by atoms with Crippen LogP contribution in [0.4, 0.5) is 5.82 Å². The van der Waals surface area contributed by atoms with E-state index in [0.29, 0.717) is 59.4 Å². The van der Waals surface area contributed by atoms with E-state index in [1.54, 1.807) is 26.5 Å². The highest BCUT2D eigenvalue weighted by Crippen LogP contribution is 2.35. The van der Waals surface area contributed by atoms with Crippen molar-refractivity contribution < 1.29 is 9.47 Å². The lowest BCUT2D eigenvalue weighted by atomic mass is 10.0. The molecule has 7 rings (SSSR count). The van der Waals surface area contributed by atoms with Crippen LogP contribution in [0.1, 0.15) is 33.6 Å². The molecule has 250 valence electrons. The van der Waals surface area contributed by atoms with Gasteiger partial charge in [-0.25, -0.2) is 24.5 Å². The zero-order chi connectivity index (χ0) is 35.2. The molecule has 10 heteroatoms. The molecule has 7 aromatic rings. The standard InChI is InChI=1S/C41H34N8O2/c1-4-31-9-5-6-10-32(31)23-37-45-41-40(48(25-28-12-16-34(50-2)17-13-28)26-29-14-18-35(51-3)19-15-29)46-38(33-11-7-8-30(22-33)24-42)39(49(41)47-37)36-20-21-43-27-44-36/h4-22,27H,1,23,25-26H2,2-3H3. The van der Waals surface area contributed by atoms with E-state index in [4.69, 9.17) is 24.5 Å². The Balaban J connectivity index is 1.49. The van der Waals surface area contributed by atoms with E-state index < -0.39 is 0 Å². The fourth-order valence-corrected chi connectivity index (χ4v) is 6.02. The summed E-state index contributed by atoms with van der Waals surface area (Å²) in [6, 6.07) is 35.6.